The minimum Gasteiger partial charge on any atom is -0.441 e. The zero-order valence-electron chi connectivity index (χ0n) is 14.9. The first kappa shape index (κ1) is 17.5. The molecule has 136 valence electrons. The lowest BCUT2D eigenvalue weighted by molar-refractivity contribution is 0.540. The Morgan fingerprint density at radius 1 is 1.00 bits per heavy atom. The highest BCUT2D eigenvalue weighted by molar-refractivity contribution is 7.98. The van der Waals surface area contributed by atoms with E-state index in [2.05, 4.69) is 15.2 Å². The highest BCUT2D eigenvalue weighted by Gasteiger charge is 2.15. The maximum absolute atomic E-state index is 13.1. The predicted octanol–water partition coefficient (Wildman–Crippen LogP) is 4.88. The summed E-state index contributed by atoms with van der Waals surface area (Å²) in [7, 11) is 1.89. The first-order chi connectivity index (χ1) is 13.1. The SMILES string of the molecule is Cc1oc(-c2ccccc2)nc1CSc1nnc(-c2ccc(F)cc2)n1C. The van der Waals surface area contributed by atoms with Gasteiger partial charge in [-0.25, -0.2) is 9.37 Å². The molecule has 0 atom stereocenters. The molecule has 0 aliphatic heterocycles. The van der Waals surface area contributed by atoms with Gasteiger partial charge in [-0.05, 0) is 43.3 Å². The maximum atomic E-state index is 13.1. The van der Waals surface area contributed by atoms with E-state index in [9.17, 15) is 4.39 Å². The average Bonchev–Trinajstić information content (AvgIpc) is 3.24. The smallest absolute Gasteiger partial charge is 0.226 e. The van der Waals surface area contributed by atoms with Gasteiger partial charge in [0.1, 0.15) is 11.6 Å². The van der Waals surface area contributed by atoms with Gasteiger partial charge in [-0.15, -0.1) is 10.2 Å². The fourth-order valence-corrected chi connectivity index (χ4v) is 3.60. The standard InChI is InChI=1S/C20H17FN4OS/c1-13-17(22-19(26-13)15-6-4-3-5-7-15)12-27-20-24-23-18(25(20)2)14-8-10-16(21)11-9-14/h3-11H,12H2,1-2H3. The number of oxazole rings is 1. The van der Waals surface area contributed by atoms with Crippen LogP contribution in [0.25, 0.3) is 22.8 Å². The fourth-order valence-electron chi connectivity index (χ4n) is 2.69. The molecule has 0 saturated heterocycles. The predicted molar refractivity (Wildman–Crippen MR) is 103 cm³/mol. The normalized spacial score (nSPS) is 11.1. The van der Waals surface area contributed by atoms with Crippen molar-refractivity contribution >= 4 is 11.8 Å². The number of nitrogens with zero attached hydrogens (tertiary/aromatic N) is 4. The molecule has 0 spiro atoms. The number of benzene rings is 2. The molecule has 0 aliphatic carbocycles. The first-order valence-corrected chi connectivity index (χ1v) is 9.40. The van der Waals surface area contributed by atoms with Crippen LogP contribution in [0.2, 0.25) is 0 Å². The van der Waals surface area contributed by atoms with Gasteiger partial charge in [-0.2, -0.15) is 0 Å². The lowest BCUT2D eigenvalue weighted by atomic mass is 10.2. The topological polar surface area (TPSA) is 56.7 Å². The molecule has 0 unspecified atom stereocenters. The van der Waals surface area contributed by atoms with Crippen LogP contribution in [0.3, 0.4) is 0 Å². The molecule has 7 heteroatoms. The summed E-state index contributed by atoms with van der Waals surface area (Å²) in [5.41, 5.74) is 2.65. The Hall–Kier alpha value is -2.93. The van der Waals surface area contributed by atoms with Gasteiger partial charge in [-0.3, -0.25) is 0 Å². The lowest BCUT2D eigenvalue weighted by Gasteiger charge is -2.03. The van der Waals surface area contributed by atoms with Crippen molar-refractivity contribution in [1.82, 2.24) is 19.7 Å². The molecule has 0 saturated carbocycles. The van der Waals surface area contributed by atoms with Gasteiger partial charge >= 0.3 is 0 Å². The Morgan fingerprint density at radius 2 is 1.74 bits per heavy atom. The Kier molecular flexibility index (Phi) is 4.77. The van der Waals surface area contributed by atoms with E-state index in [4.69, 9.17) is 4.42 Å². The van der Waals surface area contributed by atoms with Gasteiger partial charge in [0.15, 0.2) is 11.0 Å². The van der Waals surface area contributed by atoms with Crippen molar-refractivity contribution in [3.05, 3.63) is 71.9 Å². The fraction of sp³-hybridized carbons (Fsp3) is 0.150. The highest BCUT2D eigenvalue weighted by Crippen LogP contribution is 2.28. The zero-order valence-corrected chi connectivity index (χ0v) is 15.7. The second-order valence-corrected chi connectivity index (χ2v) is 6.99. The number of aryl methyl sites for hydroxylation is 1. The quantitative estimate of drug-likeness (QED) is 0.462. The van der Waals surface area contributed by atoms with Crippen LogP contribution in [-0.4, -0.2) is 19.7 Å². The molecule has 5 nitrogen and oxygen atoms in total. The molecule has 0 bridgehead atoms. The average molecular weight is 380 g/mol. The summed E-state index contributed by atoms with van der Waals surface area (Å²) in [6.07, 6.45) is 0. The molecule has 4 rings (SSSR count). The summed E-state index contributed by atoms with van der Waals surface area (Å²) < 4.78 is 20.8. The van der Waals surface area contributed by atoms with E-state index in [0.29, 0.717) is 17.5 Å². The molecule has 0 amide bonds. The molecule has 4 aromatic rings. The molecular weight excluding hydrogens is 363 g/mol. The van der Waals surface area contributed by atoms with Gasteiger partial charge in [0.2, 0.25) is 5.89 Å². The molecule has 0 N–H and O–H groups in total. The van der Waals surface area contributed by atoms with Crippen molar-refractivity contribution in [2.75, 3.05) is 0 Å². The van der Waals surface area contributed by atoms with E-state index in [1.54, 1.807) is 12.1 Å². The number of thioether (sulfide) groups is 1. The van der Waals surface area contributed by atoms with Crippen molar-refractivity contribution in [2.45, 2.75) is 17.8 Å². The molecule has 27 heavy (non-hydrogen) atoms. The highest BCUT2D eigenvalue weighted by atomic mass is 32.2. The number of aromatic nitrogens is 4. The summed E-state index contributed by atoms with van der Waals surface area (Å²) in [5.74, 6) is 2.46. The van der Waals surface area contributed by atoms with Gasteiger partial charge in [0.25, 0.3) is 0 Å². The Bertz CT molecular complexity index is 1060. The summed E-state index contributed by atoms with van der Waals surface area (Å²) in [6, 6.07) is 16.0. The molecule has 2 aromatic carbocycles. The Labute approximate surface area is 160 Å². The summed E-state index contributed by atoms with van der Waals surface area (Å²) >= 11 is 1.53. The van der Waals surface area contributed by atoms with Crippen LogP contribution in [0, 0.1) is 12.7 Å². The largest absolute Gasteiger partial charge is 0.441 e. The van der Waals surface area contributed by atoms with E-state index in [-0.39, 0.29) is 5.82 Å². The van der Waals surface area contributed by atoms with Crippen molar-refractivity contribution in [3.8, 4) is 22.8 Å². The lowest BCUT2D eigenvalue weighted by Crippen LogP contribution is -1.95. The van der Waals surface area contributed by atoms with Crippen molar-refractivity contribution < 1.29 is 8.81 Å². The van der Waals surface area contributed by atoms with E-state index in [0.717, 1.165) is 27.7 Å². The third kappa shape index (κ3) is 3.64. The number of hydrogen-bond acceptors (Lipinski definition) is 5. The minimum absolute atomic E-state index is 0.272. The van der Waals surface area contributed by atoms with E-state index in [1.807, 2.05) is 48.9 Å². The van der Waals surface area contributed by atoms with Gasteiger partial charge in [0, 0.05) is 23.9 Å². The number of halogens is 1. The third-order valence-corrected chi connectivity index (χ3v) is 5.22. The Morgan fingerprint density at radius 3 is 2.48 bits per heavy atom. The monoisotopic (exact) mass is 380 g/mol. The van der Waals surface area contributed by atoms with E-state index in [1.165, 1.54) is 23.9 Å². The van der Waals surface area contributed by atoms with Crippen LogP contribution in [0.15, 0.2) is 64.2 Å². The van der Waals surface area contributed by atoms with Gasteiger partial charge in [0.05, 0.1) is 5.69 Å². The molecule has 0 radical (unpaired) electrons. The van der Waals surface area contributed by atoms with Crippen molar-refractivity contribution in [2.24, 2.45) is 7.05 Å². The first-order valence-electron chi connectivity index (χ1n) is 8.41. The molecular formula is C20H17FN4OS. The number of hydrogen-bond donors (Lipinski definition) is 0. The van der Waals surface area contributed by atoms with Gasteiger partial charge < -0.3 is 8.98 Å². The molecule has 2 heterocycles. The van der Waals surface area contributed by atoms with Crippen molar-refractivity contribution in [1.29, 1.82) is 0 Å². The number of rotatable bonds is 5. The summed E-state index contributed by atoms with van der Waals surface area (Å²) in [5, 5.41) is 9.24. The zero-order chi connectivity index (χ0) is 18.8. The van der Waals surface area contributed by atoms with Crippen LogP contribution in [0.5, 0.6) is 0 Å². The summed E-state index contributed by atoms with van der Waals surface area (Å²) in [4.78, 5) is 4.61. The summed E-state index contributed by atoms with van der Waals surface area (Å²) in [6.45, 7) is 1.91. The molecule has 0 fully saturated rings. The third-order valence-electron chi connectivity index (χ3n) is 4.19. The van der Waals surface area contributed by atoms with E-state index < -0.39 is 0 Å². The second-order valence-electron chi connectivity index (χ2n) is 6.05. The van der Waals surface area contributed by atoms with Crippen LogP contribution in [0.1, 0.15) is 11.5 Å². The maximum Gasteiger partial charge on any atom is 0.226 e. The molecule has 0 aliphatic rings. The van der Waals surface area contributed by atoms with Crippen LogP contribution < -0.4 is 0 Å². The second kappa shape index (κ2) is 7.36. The van der Waals surface area contributed by atoms with Crippen LogP contribution in [-0.2, 0) is 12.8 Å². The van der Waals surface area contributed by atoms with Crippen molar-refractivity contribution in [3.63, 3.8) is 0 Å². The van der Waals surface area contributed by atoms with Gasteiger partial charge in [-0.1, -0.05) is 30.0 Å². The Balaban J connectivity index is 1.51. The molecule has 2 aromatic heterocycles. The minimum atomic E-state index is -0.272. The van der Waals surface area contributed by atoms with Crippen LogP contribution in [0.4, 0.5) is 4.39 Å². The van der Waals surface area contributed by atoms with Crippen LogP contribution >= 0.6 is 11.8 Å². The van der Waals surface area contributed by atoms with E-state index >= 15 is 0 Å².